The molecule has 1 aromatic carbocycles. The molecule has 1 aliphatic rings. The van der Waals surface area contributed by atoms with Crippen molar-refractivity contribution in [3.63, 3.8) is 0 Å². The number of methoxy groups -OCH3 is 1. The number of sulfonamides is 1. The number of benzene rings is 1. The molecule has 0 bridgehead atoms. The molecule has 0 aromatic heterocycles. The van der Waals surface area contributed by atoms with Crippen molar-refractivity contribution in [2.75, 3.05) is 33.4 Å². The maximum atomic E-state index is 12.7. The van der Waals surface area contributed by atoms with Gasteiger partial charge in [-0.05, 0) is 32.0 Å². The first-order chi connectivity index (χ1) is 10.9. The van der Waals surface area contributed by atoms with E-state index in [2.05, 4.69) is 5.32 Å². The van der Waals surface area contributed by atoms with Gasteiger partial charge in [0, 0.05) is 19.1 Å². The van der Waals surface area contributed by atoms with E-state index < -0.39 is 10.0 Å². The summed E-state index contributed by atoms with van der Waals surface area (Å²) < 4.78 is 37.1. The second-order valence-electron chi connectivity index (χ2n) is 5.51. The van der Waals surface area contributed by atoms with Gasteiger partial charge >= 0.3 is 0 Å². The van der Waals surface area contributed by atoms with Crippen LogP contribution in [0, 0.1) is 0 Å². The van der Waals surface area contributed by atoms with Gasteiger partial charge in [-0.25, -0.2) is 8.42 Å². The van der Waals surface area contributed by atoms with Crippen LogP contribution in [-0.2, 0) is 14.8 Å². The minimum atomic E-state index is -3.65. The summed E-state index contributed by atoms with van der Waals surface area (Å²) in [6.07, 6.45) is 0. The van der Waals surface area contributed by atoms with Crippen molar-refractivity contribution in [1.82, 2.24) is 9.62 Å². The number of carbonyl (C=O) groups excluding carboxylic acids is 1. The second-order valence-corrected chi connectivity index (χ2v) is 7.44. The van der Waals surface area contributed by atoms with Crippen LogP contribution >= 0.6 is 0 Å². The van der Waals surface area contributed by atoms with E-state index in [4.69, 9.17) is 9.47 Å². The Kier molecular flexibility index (Phi) is 5.61. The summed E-state index contributed by atoms with van der Waals surface area (Å²) in [5.41, 5.74) is 0.204. The fourth-order valence-electron chi connectivity index (χ4n) is 2.30. The number of carbonyl (C=O) groups is 1. The zero-order valence-electron chi connectivity index (χ0n) is 13.5. The Hall–Kier alpha value is -1.64. The van der Waals surface area contributed by atoms with E-state index in [0.717, 1.165) is 0 Å². The maximum Gasteiger partial charge on any atom is 0.255 e. The lowest BCUT2D eigenvalue weighted by Gasteiger charge is -2.26. The first kappa shape index (κ1) is 17.7. The minimum absolute atomic E-state index is 0.0632. The van der Waals surface area contributed by atoms with E-state index in [1.54, 1.807) is 0 Å². The molecule has 0 saturated carbocycles. The highest BCUT2D eigenvalue weighted by molar-refractivity contribution is 7.89. The Labute approximate surface area is 136 Å². The molecule has 128 valence electrons. The highest BCUT2D eigenvalue weighted by Gasteiger charge is 2.28. The van der Waals surface area contributed by atoms with Gasteiger partial charge in [0.25, 0.3) is 5.91 Å². The summed E-state index contributed by atoms with van der Waals surface area (Å²) in [5.74, 6) is -0.0278. The summed E-state index contributed by atoms with van der Waals surface area (Å²) in [5, 5.41) is 2.74. The number of morpholine rings is 1. The smallest absolute Gasteiger partial charge is 0.255 e. The molecule has 1 heterocycles. The van der Waals surface area contributed by atoms with Gasteiger partial charge in [-0.15, -0.1) is 0 Å². The summed E-state index contributed by atoms with van der Waals surface area (Å²) in [6, 6.07) is 4.26. The van der Waals surface area contributed by atoms with Gasteiger partial charge in [-0.1, -0.05) is 0 Å². The molecule has 7 nitrogen and oxygen atoms in total. The van der Waals surface area contributed by atoms with E-state index in [-0.39, 0.29) is 22.4 Å². The molecule has 1 saturated heterocycles. The number of hydrogen-bond acceptors (Lipinski definition) is 5. The average Bonchev–Trinajstić information content (AvgIpc) is 2.54. The van der Waals surface area contributed by atoms with Gasteiger partial charge in [0.2, 0.25) is 10.0 Å². The highest BCUT2D eigenvalue weighted by atomic mass is 32.2. The molecule has 0 aliphatic carbocycles. The number of nitrogens with zero attached hydrogens (tertiary/aromatic N) is 1. The number of ether oxygens (including phenoxy) is 2. The third-order valence-corrected chi connectivity index (χ3v) is 5.34. The van der Waals surface area contributed by atoms with Gasteiger partial charge in [0.15, 0.2) is 0 Å². The van der Waals surface area contributed by atoms with E-state index in [1.165, 1.54) is 29.6 Å². The molecule has 1 N–H and O–H groups in total. The topological polar surface area (TPSA) is 84.9 Å². The molecule has 2 rings (SSSR count). The van der Waals surface area contributed by atoms with Gasteiger partial charge in [0.1, 0.15) is 5.75 Å². The Bertz CT molecular complexity index is 666. The van der Waals surface area contributed by atoms with E-state index >= 15 is 0 Å². The third kappa shape index (κ3) is 4.01. The van der Waals surface area contributed by atoms with Crippen LogP contribution < -0.4 is 10.1 Å². The van der Waals surface area contributed by atoms with Crippen molar-refractivity contribution in [2.24, 2.45) is 0 Å². The molecule has 0 spiro atoms. The van der Waals surface area contributed by atoms with Crippen LogP contribution in [0.3, 0.4) is 0 Å². The molecule has 1 aromatic rings. The van der Waals surface area contributed by atoms with Gasteiger partial charge in [-0.2, -0.15) is 4.31 Å². The normalized spacial score (nSPS) is 16.3. The third-order valence-electron chi connectivity index (χ3n) is 3.44. The van der Waals surface area contributed by atoms with Crippen LogP contribution in [-0.4, -0.2) is 58.1 Å². The first-order valence-corrected chi connectivity index (χ1v) is 8.87. The van der Waals surface area contributed by atoms with Crippen LogP contribution in [0.4, 0.5) is 0 Å². The monoisotopic (exact) mass is 342 g/mol. The quantitative estimate of drug-likeness (QED) is 0.858. The van der Waals surface area contributed by atoms with Crippen molar-refractivity contribution in [2.45, 2.75) is 24.8 Å². The van der Waals surface area contributed by atoms with Gasteiger partial charge in [-0.3, -0.25) is 4.79 Å². The number of rotatable bonds is 5. The summed E-state index contributed by atoms with van der Waals surface area (Å²) in [6.45, 7) is 5.02. The lowest BCUT2D eigenvalue weighted by atomic mass is 10.2. The van der Waals surface area contributed by atoms with E-state index in [0.29, 0.717) is 32.1 Å². The predicted molar refractivity (Wildman–Crippen MR) is 85.2 cm³/mol. The Morgan fingerprint density at radius 3 is 2.52 bits per heavy atom. The Morgan fingerprint density at radius 1 is 1.30 bits per heavy atom. The molecule has 0 atom stereocenters. The lowest BCUT2D eigenvalue weighted by Crippen LogP contribution is -2.40. The molecular weight excluding hydrogens is 320 g/mol. The van der Waals surface area contributed by atoms with Crippen molar-refractivity contribution in [3.05, 3.63) is 23.8 Å². The van der Waals surface area contributed by atoms with Crippen LogP contribution in [0.2, 0.25) is 0 Å². The first-order valence-electron chi connectivity index (χ1n) is 7.43. The van der Waals surface area contributed by atoms with Crippen LogP contribution in [0.1, 0.15) is 24.2 Å². The molecule has 1 aliphatic heterocycles. The van der Waals surface area contributed by atoms with Crippen molar-refractivity contribution >= 4 is 15.9 Å². The maximum absolute atomic E-state index is 12.7. The van der Waals surface area contributed by atoms with E-state index in [1.807, 2.05) is 13.8 Å². The number of hydrogen-bond donors (Lipinski definition) is 1. The predicted octanol–water partition coefficient (Wildman–Crippen LogP) is 0.854. The van der Waals surface area contributed by atoms with E-state index in [9.17, 15) is 13.2 Å². The summed E-state index contributed by atoms with van der Waals surface area (Å²) in [4.78, 5) is 12.3. The number of amides is 1. The second kappa shape index (κ2) is 7.29. The van der Waals surface area contributed by atoms with Crippen molar-refractivity contribution in [1.29, 1.82) is 0 Å². The van der Waals surface area contributed by atoms with Gasteiger partial charge < -0.3 is 14.8 Å². The number of nitrogens with one attached hydrogen (secondary N) is 1. The fraction of sp³-hybridized carbons (Fsp3) is 0.533. The van der Waals surface area contributed by atoms with Crippen LogP contribution in [0.25, 0.3) is 0 Å². The largest absolute Gasteiger partial charge is 0.496 e. The Balaban J connectivity index is 2.38. The fourth-order valence-corrected chi connectivity index (χ4v) is 3.74. The van der Waals surface area contributed by atoms with Crippen LogP contribution in [0.5, 0.6) is 5.75 Å². The molecular formula is C15H22N2O5S. The van der Waals surface area contributed by atoms with Crippen LogP contribution in [0.15, 0.2) is 23.1 Å². The molecule has 23 heavy (non-hydrogen) atoms. The minimum Gasteiger partial charge on any atom is -0.496 e. The average molecular weight is 342 g/mol. The van der Waals surface area contributed by atoms with Crippen molar-refractivity contribution < 1.29 is 22.7 Å². The zero-order valence-corrected chi connectivity index (χ0v) is 14.4. The molecule has 1 amide bonds. The zero-order chi connectivity index (χ0) is 17.0. The highest BCUT2D eigenvalue weighted by Crippen LogP contribution is 2.25. The molecule has 1 fully saturated rings. The summed E-state index contributed by atoms with van der Waals surface area (Å²) >= 11 is 0. The molecule has 8 heteroatoms. The molecule has 0 unspecified atom stereocenters. The van der Waals surface area contributed by atoms with Crippen molar-refractivity contribution in [3.8, 4) is 5.75 Å². The standard InChI is InChI=1S/C15H22N2O5S/c1-11(2)16-15(18)13-10-12(4-5-14(13)21-3)23(19,20)17-6-8-22-9-7-17/h4-5,10-11H,6-9H2,1-3H3,(H,16,18). The SMILES string of the molecule is COc1ccc(S(=O)(=O)N2CCOCC2)cc1C(=O)NC(C)C. The lowest BCUT2D eigenvalue weighted by molar-refractivity contribution is 0.0730. The summed E-state index contributed by atoms with van der Waals surface area (Å²) in [7, 11) is -2.21. The molecule has 0 radical (unpaired) electrons. The van der Waals surface area contributed by atoms with Gasteiger partial charge in [0.05, 0.1) is 30.8 Å². The Morgan fingerprint density at radius 2 is 1.96 bits per heavy atom.